The van der Waals surface area contributed by atoms with Crippen LogP contribution in [0.3, 0.4) is 0 Å². The van der Waals surface area contributed by atoms with E-state index in [0.717, 1.165) is 23.3 Å². The van der Waals surface area contributed by atoms with Crippen LogP contribution in [-0.4, -0.2) is 47.7 Å². The van der Waals surface area contributed by atoms with E-state index in [2.05, 4.69) is 25.9 Å². The highest BCUT2D eigenvalue weighted by Gasteiger charge is 2.26. The van der Waals surface area contributed by atoms with Crippen molar-refractivity contribution in [1.82, 2.24) is 20.6 Å². The molecule has 1 saturated heterocycles. The number of nitrogens with zero attached hydrogens (tertiary/aromatic N) is 3. The number of rotatable bonds is 5. The quantitative estimate of drug-likeness (QED) is 0.547. The van der Waals surface area contributed by atoms with Crippen molar-refractivity contribution in [3.63, 3.8) is 0 Å². The number of carbonyl (C=O) groups excluding carboxylic acids is 1. The van der Waals surface area contributed by atoms with Crippen LogP contribution >= 0.6 is 0 Å². The SMILES string of the molecule is N#Cc1ccc2cccc(NC(=O)[C@H]3CC[C@H](NCc4cc5c(cn4)OCCO5)CN3)c2n1. The molecule has 1 amide bonds. The van der Waals surface area contributed by atoms with Crippen LogP contribution in [0.1, 0.15) is 24.2 Å². The van der Waals surface area contributed by atoms with Gasteiger partial charge in [0.25, 0.3) is 0 Å². The first-order valence-electron chi connectivity index (χ1n) is 11.0. The Hall–Kier alpha value is -3.74. The van der Waals surface area contributed by atoms with E-state index in [1.165, 1.54) is 0 Å². The van der Waals surface area contributed by atoms with Crippen molar-refractivity contribution in [1.29, 1.82) is 5.26 Å². The van der Waals surface area contributed by atoms with Gasteiger partial charge in [0.2, 0.25) is 5.91 Å². The monoisotopic (exact) mass is 444 g/mol. The Morgan fingerprint density at radius 1 is 1.18 bits per heavy atom. The summed E-state index contributed by atoms with van der Waals surface area (Å²) in [4.78, 5) is 21.6. The Morgan fingerprint density at radius 3 is 2.88 bits per heavy atom. The second kappa shape index (κ2) is 9.40. The number of ether oxygens (including phenoxy) is 2. The Balaban J connectivity index is 1.15. The number of para-hydroxylation sites is 1. The second-order valence-electron chi connectivity index (χ2n) is 8.11. The summed E-state index contributed by atoms with van der Waals surface area (Å²) in [5, 5.41) is 19.8. The fraction of sp³-hybridized carbons (Fsp3) is 0.333. The van der Waals surface area contributed by atoms with Gasteiger partial charge >= 0.3 is 0 Å². The second-order valence-corrected chi connectivity index (χ2v) is 8.11. The molecular formula is C24H24N6O3. The molecule has 0 bridgehead atoms. The van der Waals surface area contributed by atoms with E-state index in [1.807, 2.05) is 36.4 Å². The summed E-state index contributed by atoms with van der Waals surface area (Å²) < 4.78 is 11.1. The minimum atomic E-state index is -0.287. The minimum Gasteiger partial charge on any atom is -0.486 e. The van der Waals surface area contributed by atoms with E-state index in [-0.39, 0.29) is 18.0 Å². The van der Waals surface area contributed by atoms with E-state index in [9.17, 15) is 4.79 Å². The largest absolute Gasteiger partial charge is 0.486 e. The molecule has 3 N–H and O–H groups in total. The van der Waals surface area contributed by atoms with Crippen molar-refractivity contribution in [2.75, 3.05) is 25.1 Å². The molecule has 0 aliphatic carbocycles. The van der Waals surface area contributed by atoms with Gasteiger partial charge in [-0.1, -0.05) is 12.1 Å². The third-order valence-electron chi connectivity index (χ3n) is 5.88. The number of benzene rings is 1. The summed E-state index contributed by atoms with van der Waals surface area (Å²) >= 11 is 0. The molecular weight excluding hydrogens is 420 g/mol. The summed E-state index contributed by atoms with van der Waals surface area (Å²) in [6.07, 6.45) is 3.27. The Morgan fingerprint density at radius 2 is 2.06 bits per heavy atom. The van der Waals surface area contributed by atoms with Crippen molar-refractivity contribution in [3.8, 4) is 17.6 Å². The zero-order valence-corrected chi connectivity index (χ0v) is 18.0. The number of anilines is 1. The topological polar surface area (TPSA) is 121 Å². The highest BCUT2D eigenvalue weighted by atomic mass is 16.6. The summed E-state index contributed by atoms with van der Waals surface area (Å²) in [5.41, 5.74) is 2.44. The molecule has 9 nitrogen and oxygen atoms in total. The van der Waals surface area contributed by atoms with E-state index in [1.54, 1.807) is 12.3 Å². The van der Waals surface area contributed by atoms with Gasteiger partial charge in [-0.15, -0.1) is 0 Å². The average Bonchev–Trinajstić information content (AvgIpc) is 2.87. The van der Waals surface area contributed by atoms with Gasteiger partial charge in [0.15, 0.2) is 11.5 Å². The average molecular weight is 444 g/mol. The third-order valence-corrected chi connectivity index (χ3v) is 5.88. The zero-order valence-electron chi connectivity index (χ0n) is 18.0. The first-order chi connectivity index (χ1) is 16.2. The number of pyridine rings is 2. The number of amides is 1. The van der Waals surface area contributed by atoms with E-state index >= 15 is 0 Å². The van der Waals surface area contributed by atoms with Crippen LogP contribution in [0.4, 0.5) is 5.69 Å². The van der Waals surface area contributed by atoms with Gasteiger partial charge in [0.1, 0.15) is 25.0 Å². The standard InChI is InChI=1S/C24H24N6O3/c25-11-16-5-4-15-2-1-3-19(23(15)29-16)30-24(31)20-7-6-17(12-28-20)26-13-18-10-21-22(14-27-18)33-9-8-32-21/h1-5,10,14,17,20,26,28H,6-9,12-13H2,(H,30,31)/t17-,20+/m0/s1. The van der Waals surface area contributed by atoms with Gasteiger partial charge < -0.3 is 25.4 Å². The van der Waals surface area contributed by atoms with E-state index < -0.39 is 0 Å². The summed E-state index contributed by atoms with van der Waals surface area (Å²) in [6.45, 7) is 2.39. The number of aromatic nitrogens is 2. The van der Waals surface area contributed by atoms with Gasteiger partial charge in [0.05, 0.1) is 29.1 Å². The predicted molar refractivity (Wildman–Crippen MR) is 122 cm³/mol. The van der Waals surface area contributed by atoms with Crippen molar-refractivity contribution in [2.24, 2.45) is 0 Å². The Kier molecular flexibility index (Phi) is 6.02. The smallest absolute Gasteiger partial charge is 0.241 e. The normalized spacial score (nSPS) is 19.6. The molecule has 1 aromatic carbocycles. The number of hydrogen-bond acceptors (Lipinski definition) is 8. The van der Waals surface area contributed by atoms with Crippen molar-refractivity contribution >= 4 is 22.5 Å². The highest BCUT2D eigenvalue weighted by molar-refractivity contribution is 6.02. The van der Waals surface area contributed by atoms with Crippen LogP contribution in [0.2, 0.25) is 0 Å². The lowest BCUT2D eigenvalue weighted by Crippen LogP contribution is -2.52. The third kappa shape index (κ3) is 4.72. The van der Waals surface area contributed by atoms with Gasteiger partial charge in [-0.05, 0) is 31.0 Å². The molecule has 2 aromatic heterocycles. The molecule has 3 aromatic rings. The highest BCUT2D eigenvalue weighted by Crippen LogP contribution is 2.29. The molecule has 0 spiro atoms. The molecule has 0 saturated carbocycles. The van der Waals surface area contributed by atoms with Gasteiger partial charge in [-0.3, -0.25) is 9.78 Å². The summed E-state index contributed by atoms with van der Waals surface area (Å²) in [6, 6.07) is 13.0. The van der Waals surface area contributed by atoms with Crippen LogP contribution in [0.15, 0.2) is 42.6 Å². The number of piperidine rings is 1. The first kappa shape index (κ1) is 21.1. The molecule has 0 unspecified atom stereocenters. The lowest BCUT2D eigenvalue weighted by atomic mass is 10.00. The van der Waals surface area contributed by atoms with Crippen molar-refractivity contribution in [3.05, 3.63) is 54.0 Å². The van der Waals surface area contributed by atoms with Gasteiger partial charge in [0, 0.05) is 30.6 Å². The van der Waals surface area contributed by atoms with E-state index in [4.69, 9.17) is 14.7 Å². The fourth-order valence-electron chi connectivity index (χ4n) is 4.12. The molecule has 1 fully saturated rings. The Bertz CT molecular complexity index is 1220. The number of fused-ring (bicyclic) bond motifs is 2. The maximum absolute atomic E-state index is 12.9. The van der Waals surface area contributed by atoms with Crippen LogP contribution < -0.4 is 25.4 Å². The van der Waals surface area contributed by atoms with Crippen LogP contribution in [0.5, 0.6) is 11.5 Å². The molecule has 2 atom stereocenters. The van der Waals surface area contributed by atoms with Crippen LogP contribution in [0, 0.1) is 11.3 Å². The molecule has 0 radical (unpaired) electrons. The molecule has 33 heavy (non-hydrogen) atoms. The fourth-order valence-corrected chi connectivity index (χ4v) is 4.12. The lowest BCUT2D eigenvalue weighted by molar-refractivity contribution is -0.118. The summed E-state index contributed by atoms with van der Waals surface area (Å²) in [5.74, 6) is 1.32. The lowest BCUT2D eigenvalue weighted by Gasteiger charge is -2.30. The molecule has 9 heteroatoms. The number of nitrogens with one attached hydrogen (secondary N) is 3. The maximum atomic E-state index is 12.9. The zero-order chi connectivity index (χ0) is 22.6. The van der Waals surface area contributed by atoms with Gasteiger partial charge in [-0.2, -0.15) is 5.26 Å². The number of carbonyl (C=O) groups is 1. The molecule has 4 heterocycles. The van der Waals surface area contributed by atoms with E-state index in [0.29, 0.717) is 55.4 Å². The summed E-state index contributed by atoms with van der Waals surface area (Å²) in [7, 11) is 0. The van der Waals surface area contributed by atoms with Crippen LogP contribution in [-0.2, 0) is 11.3 Å². The Labute approximate surface area is 191 Å². The van der Waals surface area contributed by atoms with Crippen molar-refractivity contribution < 1.29 is 14.3 Å². The number of nitriles is 1. The molecule has 2 aliphatic rings. The number of hydrogen-bond donors (Lipinski definition) is 3. The molecule has 168 valence electrons. The van der Waals surface area contributed by atoms with Crippen LogP contribution in [0.25, 0.3) is 10.9 Å². The predicted octanol–water partition coefficient (Wildman–Crippen LogP) is 2.12. The minimum absolute atomic E-state index is 0.0985. The first-order valence-corrected chi connectivity index (χ1v) is 11.0. The van der Waals surface area contributed by atoms with Gasteiger partial charge in [-0.25, -0.2) is 4.98 Å². The van der Waals surface area contributed by atoms with Crippen molar-refractivity contribution in [2.45, 2.75) is 31.5 Å². The molecule has 2 aliphatic heterocycles. The maximum Gasteiger partial charge on any atom is 0.241 e. The molecule has 5 rings (SSSR count).